The Morgan fingerprint density at radius 3 is 1.72 bits per heavy atom. The van der Waals surface area contributed by atoms with Gasteiger partial charge in [0.2, 0.25) is 0 Å². The van der Waals surface area contributed by atoms with Crippen LogP contribution in [0.15, 0.2) is 11.3 Å². The van der Waals surface area contributed by atoms with Gasteiger partial charge in [-0.05, 0) is 23.5 Å². The summed E-state index contributed by atoms with van der Waals surface area (Å²) in [6.45, 7) is 15.4. The van der Waals surface area contributed by atoms with Gasteiger partial charge >= 0.3 is 5.97 Å². The fourth-order valence-corrected chi connectivity index (χ4v) is 9.66. The average molecular weight is 270 g/mol. The lowest BCUT2D eigenvalue weighted by molar-refractivity contribution is -0.132. The Kier molecular flexibility index (Phi) is 6.90. The summed E-state index contributed by atoms with van der Waals surface area (Å²) in [5, 5.41) is 9.19. The minimum Gasteiger partial charge on any atom is -0.478 e. The third kappa shape index (κ3) is 3.47. The van der Waals surface area contributed by atoms with Gasteiger partial charge in [0.1, 0.15) is 0 Å². The van der Waals surface area contributed by atoms with Crippen molar-refractivity contribution in [3.63, 3.8) is 0 Å². The van der Waals surface area contributed by atoms with Gasteiger partial charge in [0.25, 0.3) is 0 Å². The van der Waals surface area contributed by atoms with E-state index in [0.717, 1.165) is 12.8 Å². The van der Waals surface area contributed by atoms with Crippen molar-refractivity contribution in [1.82, 2.24) is 0 Å². The predicted octanol–water partition coefficient (Wildman–Crippen LogP) is 5.02. The van der Waals surface area contributed by atoms with Gasteiger partial charge in [-0.2, -0.15) is 0 Å². The average Bonchev–Trinajstić information content (AvgIpc) is 2.32. The maximum absolute atomic E-state index is 11.2. The SMILES string of the molecule is CCC(C)[Si](/C=C(\C)C(=O)O)(C(C)C)C(C)CC. The van der Waals surface area contributed by atoms with Gasteiger partial charge in [0.05, 0.1) is 8.07 Å². The highest BCUT2D eigenvalue weighted by atomic mass is 28.3. The summed E-state index contributed by atoms with van der Waals surface area (Å²) in [6.07, 6.45) is 2.27. The van der Waals surface area contributed by atoms with Crippen LogP contribution in [0.4, 0.5) is 0 Å². The van der Waals surface area contributed by atoms with Gasteiger partial charge in [0.15, 0.2) is 0 Å². The Bertz CT molecular complexity index is 298. The molecule has 0 rings (SSSR count). The lowest BCUT2D eigenvalue weighted by Gasteiger charge is -2.43. The molecular weight excluding hydrogens is 240 g/mol. The first-order valence-electron chi connectivity index (χ1n) is 7.16. The fraction of sp³-hybridized carbons (Fsp3) is 0.800. The second kappa shape index (κ2) is 7.12. The number of hydrogen-bond acceptors (Lipinski definition) is 1. The Labute approximate surface area is 113 Å². The van der Waals surface area contributed by atoms with Gasteiger partial charge in [-0.1, -0.05) is 60.1 Å². The summed E-state index contributed by atoms with van der Waals surface area (Å²) in [5.74, 6) is -0.765. The van der Waals surface area contributed by atoms with Crippen molar-refractivity contribution in [2.75, 3.05) is 0 Å². The van der Waals surface area contributed by atoms with E-state index in [0.29, 0.717) is 22.2 Å². The van der Waals surface area contributed by atoms with E-state index in [1.807, 2.05) is 0 Å². The van der Waals surface area contributed by atoms with E-state index in [1.165, 1.54) is 0 Å². The van der Waals surface area contributed by atoms with E-state index < -0.39 is 14.0 Å². The highest BCUT2D eigenvalue weighted by molar-refractivity contribution is 6.88. The molecule has 1 N–H and O–H groups in total. The van der Waals surface area contributed by atoms with Crippen LogP contribution in [-0.2, 0) is 4.79 Å². The number of carboxylic acids is 1. The molecule has 0 aromatic rings. The zero-order valence-corrected chi connectivity index (χ0v) is 14.1. The number of carboxylic acid groups (broad SMARTS) is 1. The van der Waals surface area contributed by atoms with Crippen LogP contribution in [0.1, 0.15) is 61.3 Å². The van der Waals surface area contributed by atoms with Crippen LogP contribution in [0.2, 0.25) is 16.6 Å². The highest BCUT2D eigenvalue weighted by Crippen LogP contribution is 2.46. The molecule has 106 valence electrons. The van der Waals surface area contributed by atoms with Gasteiger partial charge in [0, 0.05) is 5.57 Å². The first kappa shape index (κ1) is 17.4. The molecule has 0 heterocycles. The molecule has 0 amide bonds. The second-order valence-electron chi connectivity index (χ2n) is 5.91. The van der Waals surface area contributed by atoms with Gasteiger partial charge < -0.3 is 5.11 Å². The molecule has 0 saturated heterocycles. The molecule has 0 spiro atoms. The zero-order valence-electron chi connectivity index (χ0n) is 13.1. The summed E-state index contributed by atoms with van der Waals surface area (Å²) in [5.41, 5.74) is 4.54. The minimum atomic E-state index is -1.75. The quantitative estimate of drug-likeness (QED) is 0.521. The molecule has 2 atom stereocenters. The van der Waals surface area contributed by atoms with Crippen LogP contribution in [0.25, 0.3) is 0 Å². The predicted molar refractivity (Wildman–Crippen MR) is 81.7 cm³/mol. The molecule has 0 aromatic heterocycles. The first-order valence-corrected chi connectivity index (χ1v) is 9.47. The van der Waals surface area contributed by atoms with Crippen molar-refractivity contribution in [1.29, 1.82) is 0 Å². The standard InChI is InChI=1S/C15H30O2Si/c1-8-13(6)18(11(3)4,14(7)9-2)10-12(5)15(16)17/h10-11,13-14H,8-9H2,1-7H3,(H,16,17)/b12-10+. The molecule has 0 fully saturated rings. The van der Waals surface area contributed by atoms with Crippen LogP contribution in [-0.4, -0.2) is 19.1 Å². The summed E-state index contributed by atoms with van der Waals surface area (Å²) in [7, 11) is -1.75. The van der Waals surface area contributed by atoms with Crippen molar-refractivity contribution in [2.24, 2.45) is 0 Å². The monoisotopic (exact) mass is 270 g/mol. The van der Waals surface area contributed by atoms with Gasteiger partial charge in [-0.25, -0.2) is 4.79 Å². The summed E-state index contributed by atoms with van der Waals surface area (Å²) < 4.78 is 0. The van der Waals surface area contributed by atoms with Crippen molar-refractivity contribution < 1.29 is 9.90 Å². The maximum atomic E-state index is 11.2. The third-order valence-corrected chi connectivity index (χ3v) is 11.9. The summed E-state index contributed by atoms with van der Waals surface area (Å²) >= 11 is 0. The van der Waals surface area contributed by atoms with Gasteiger partial charge in [-0.15, -0.1) is 0 Å². The Morgan fingerprint density at radius 2 is 1.50 bits per heavy atom. The van der Waals surface area contributed by atoms with E-state index in [2.05, 4.69) is 47.2 Å². The third-order valence-electron chi connectivity index (χ3n) is 4.74. The van der Waals surface area contributed by atoms with Crippen molar-refractivity contribution in [2.45, 2.75) is 77.9 Å². The van der Waals surface area contributed by atoms with E-state index in [-0.39, 0.29) is 0 Å². The van der Waals surface area contributed by atoms with E-state index in [4.69, 9.17) is 0 Å². The van der Waals surface area contributed by atoms with Crippen LogP contribution in [0.3, 0.4) is 0 Å². The van der Waals surface area contributed by atoms with E-state index in [9.17, 15) is 9.90 Å². The molecule has 0 aromatic carbocycles. The Morgan fingerprint density at radius 1 is 1.11 bits per heavy atom. The number of carbonyl (C=O) groups is 1. The van der Waals surface area contributed by atoms with Crippen LogP contribution < -0.4 is 0 Å². The molecule has 18 heavy (non-hydrogen) atoms. The molecule has 0 bridgehead atoms. The van der Waals surface area contributed by atoms with Crippen LogP contribution in [0, 0.1) is 0 Å². The minimum absolute atomic E-state index is 0.538. The largest absolute Gasteiger partial charge is 0.478 e. The molecule has 0 aliphatic carbocycles. The molecule has 0 aliphatic heterocycles. The lowest BCUT2D eigenvalue weighted by Crippen LogP contribution is -2.45. The first-order chi connectivity index (χ1) is 8.23. The van der Waals surface area contributed by atoms with Crippen LogP contribution in [0.5, 0.6) is 0 Å². The topological polar surface area (TPSA) is 37.3 Å². The molecule has 3 heteroatoms. The van der Waals surface area contributed by atoms with Crippen molar-refractivity contribution in [3.8, 4) is 0 Å². The molecular formula is C15H30O2Si. The maximum Gasteiger partial charge on any atom is 0.330 e. The second-order valence-corrected chi connectivity index (χ2v) is 11.3. The zero-order chi connectivity index (χ0) is 14.5. The summed E-state index contributed by atoms with van der Waals surface area (Å²) in [6, 6.07) is 0. The Balaban J connectivity index is 5.77. The van der Waals surface area contributed by atoms with Crippen LogP contribution >= 0.6 is 0 Å². The molecule has 2 unspecified atom stereocenters. The number of aliphatic carboxylic acids is 1. The molecule has 0 saturated carbocycles. The van der Waals surface area contributed by atoms with E-state index in [1.54, 1.807) is 6.92 Å². The molecule has 0 radical (unpaired) electrons. The number of rotatable bonds is 7. The Hall–Kier alpha value is -0.573. The fourth-order valence-electron chi connectivity index (χ4n) is 3.22. The van der Waals surface area contributed by atoms with Crippen molar-refractivity contribution in [3.05, 3.63) is 11.3 Å². The highest BCUT2D eigenvalue weighted by Gasteiger charge is 2.43. The summed E-state index contributed by atoms with van der Waals surface area (Å²) in [4.78, 5) is 11.2. The molecule has 0 aliphatic rings. The lowest BCUT2D eigenvalue weighted by atomic mass is 10.3. The normalized spacial score (nSPS) is 19.4. The number of hydrogen-bond donors (Lipinski definition) is 1. The van der Waals surface area contributed by atoms with Crippen molar-refractivity contribution >= 4 is 14.0 Å². The van der Waals surface area contributed by atoms with E-state index >= 15 is 0 Å². The van der Waals surface area contributed by atoms with Gasteiger partial charge in [-0.3, -0.25) is 0 Å². The smallest absolute Gasteiger partial charge is 0.330 e. The molecule has 2 nitrogen and oxygen atoms in total.